The molecule has 1 aromatic heterocycles. The summed E-state index contributed by atoms with van der Waals surface area (Å²) in [4.78, 5) is 24.4. The minimum atomic E-state index is -0.340. The third-order valence-corrected chi connectivity index (χ3v) is 4.01. The topological polar surface area (TPSA) is 96.2 Å². The number of para-hydroxylation sites is 1. The van der Waals surface area contributed by atoms with Crippen molar-refractivity contribution in [3.63, 3.8) is 0 Å². The molecule has 0 atom stereocenters. The van der Waals surface area contributed by atoms with Gasteiger partial charge in [0.2, 0.25) is 0 Å². The number of benzene rings is 1. The average Bonchev–Trinajstić information content (AvgIpc) is 3.00. The molecule has 0 saturated heterocycles. The van der Waals surface area contributed by atoms with E-state index < -0.39 is 0 Å². The molecular weight excluding hydrogens is 312 g/mol. The van der Waals surface area contributed by atoms with Crippen molar-refractivity contribution in [1.82, 2.24) is 5.32 Å². The number of nitrogens with one attached hydrogen (secondary N) is 3. The molecule has 5 N–H and O–H groups in total. The Labute approximate surface area is 139 Å². The Morgan fingerprint density at radius 1 is 1.00 bits per heavy atom. The second-order valence-electron chi connectivity index (χ2n) is 4.86. The minimum absolute atomic E-state index is 0.136. The van der Waals surface area contributed by atoms with Crippen LogP contribution in [-0.2, 0) is 0 Å². The summed E-state index contributed by atoms with van der Waals surface area (Å²) in [5, 5.41) is 8.88. The van der Waals surface area contributed by atoms with Crippen molar-refractivity contribution in [2.45, 2.75) is 12.8 Å². The summed E-state index contributed by atoms with van der Waals surface area (Å²) in [5.74, 6) is -0.136. The van der Waals surface area contributed by atoms with Crippen molar-refractivity contribution in [2.24, 2.45) is 5.73 Å². The Kier molecular flexibility index (Phi) is 6.58. The van der Waals surface area contributed by atoms with Crippen LogP contribution in [0.4, 0.5) is 15.5 Å². The number of anilines is 2. The fourth-order valence-electron chi connectivity index (χ4n) is 1.88. The van der Waals surface area contributed by atoms with E-state index in [0.29, 0.717) is 28.7 Å². The van der Waals surface area contributed by atoms with E-state index in [2.05, 4.69) is 16.0 Å². The van der Waals surface area contributed by atoms with Crippen molar-refractivity contribution in [2.75, 3.05) is 23.7 Å². The van der Waals surface area contributed by atoms with Gasteiger partial charge < -0.3 is 16.4 Å². The van der Waals surface area contributed by atoms with Crippen LogP contribution in [0.2, 0.25) is 0 Å². The fourth-order valence-corrected chi connectivity index (χ4v) is 2.70. The zero-order valence-electron chi connectivity index (χ0n) is 12.7. The number of carbonyl (C=O) groups excluding carboxylic acids is 2. The number of carbonyl (C=O) groups is 2. The lowest BCUT2D eigenvalue weighted by Crippen LogP contribution is -2.24. The maximum Gasteiger partial charge on any atom is 0.324 e. The van der Waals surface area contributed by atoms with Crippen molar-refractivity contribution in [3.8, 4) is 0 Å². The van der Waals surface area contributed by atoms with Crippen molar-refractivity contribution >= 4 is 34.0 Å². The number of hydrogen-bond donors (Lipinski definition) is 4. The number of hydrogen-bond acceptors (Lipinski definition) is 4. The first kappa shape index (κ1) is 17.0. The highest BCUT2D eigenvalue weighted by atomic mass is 32.1. The van der Waals surface area contributed by atoms with E-state index in [0.717, 1.165) is 12.8 Å². The molecule has 1 aromatic carbocycles. The summed E-state index contributed by atoms with van der Waals surface area (Å²) in [6.07, 6.45) is 1.75. The number of nitrogens with two attached hydrogens (primary N) is 1. The zero-order valence-corrected chi connectivity index (χ0v) is 13.5. The Bertz CT molecular complexity index is 643. The molecule has 2 rings (SSSR count). The molecule has 7 heteroatoms. The van der Waals surface area contributed by atoms with Gasteiger partial charge in [-0.2, -0.15) is 0 Å². The zero-order chi connectivity index (χ0) is 16.5. The van der Waals surface area contributed by atoms with Gasteiger partial charge in [0, 0.05) is 12.2 Å². The largest absolute Gasteiger partial charge is 0.351 e. The summed E-state index contributed by atoms with van der Waals surface area (Å²) in [5.41, 5.74) is 6.11. The molecule has 0 aliphatic rings. The molecule has 23 heavy (non-hydrogen) atoms. The van der Waals surface area contributed by atoms with Gasteiger partial charge >= 0.3 is 6.03 Å². The normalized spacial score (nSPS) is 10.1. The molecule has 0 aliphatic carbocycles. The molecule has 1 heterocycles. The molecule has 6 nitrogen and oxygen atoms in total. The van der Waals surface area contributed by atoms with Crippen LogP contribution in [0.3, 0.4) is 0 Å². The Morgan fingerprint density at radius 3 is 2.52 bits per heavy atom. The van der Waals surface area contributed by atoms with Gasteiger partial charge in [-0.15, -0.1) is 11.3 Å². The quantitative estimate of drug-likeness (QED) is 0.587. The summed E-state index contributed by atoms with van der Waals surface area (Å²) in [6, 6.07) is 12.2. The number of urea groups is 1. The van der Waals surface area contributed by atoms with Crippen LogP contribution >= 0.6 is 11.3 Å². The number of rotatable bonds is 7. The summed E-state index contributed by atoms with van der Waals surface area (Å²) in [7, 11) is 0. The molecule has 0 radical (unpaired) electrons. The highest BCUT2D eigenvalue weighted by Gasteiger charge is 2.10. The monoisotopic (exact) mass is 332 g/mol. The molecule has 3 amide bonds. The maximum absolute atomic E-state index is 11.9. The number of amides is 3. The highest BCUT2D eigenvalue weighted by Crippen LogP contribution is 2.22. The van der Waals surface area contributed by atoms with E-state index in [-0.39, 0.29) is 11.9 Å². The first-order chi connectivity index (χ1) is 11.2. The van der Waals surface area contributed by atoms with Gasteiger partial charge in [-0.3, -0.25) is 10.1 Å². The van der Waals surface area contributed by atoms with E-state index in [9.17, 15) is 9.59 Å². The second-order valence-corrected chi connectivity index (χ2v) is 5.94. The molecule has 0 fully saturated rings. The van der Waals surface area contributed by atoms with Crippen LogP contribution in [0.1, 0.15) is 22.5 Å². The van der Waals surface area contributed by atoms with Gasteiger partial charge in [-0.05, 0) is 43.7 Å². The predicted molar refractivity (Wildman–Crippen MR) is 94.0 cm³/mol. The Morgan fingerprint density at radius 2 is 1.78 bits per heavy atom. The maximum atomic E-state index is 11.9. The molecule has 0 aliphatic heterocycles. The highest BCUT2D eigenvalue weighted by molar-refractivity contribution is 7.18. The SMILES string of the molecule is NCCCCNC(=O)c1ccc(NC(=O)Nc2ccccc2)s1. The molecule has 0 saturated carbocycles. The fraction of sp³-hybridized carbons (Fsp3) is 0.250. The molecule has 0 unspecified atom stereocenters. The standard InChI is InChI=1S/C16H20N4O2S/c17-10-4-5-11-18-15(21)13-8-9-14(23-13)20-16(22)19-12-6-2-1-3-7-12/h1-3,6-9H,4-5,10-11,17H2,(H,18,21)(H2,19,20,22). The van der Waals surface area contributed by atoms with E-state index in [4.69, 9.17) is 5.73 Å². The molecule has 122 valence electrons. The Hall–Kier alpha value is -2.38. The molecule has 2 aromatic rings. The summed E-state index contributed by atoms with van der Waals surface area (Å²) in [6.45, 7) is 1.23. The number of thiophene rings is 1. The average molecular weight is 332 g/mol. The van der Waals surface area contributed by atoms with Crippen LogP contribution < -0.4 is 21.7 Å². The third-order valence-electron chi connectivity index (χ3n) is 3.01. The van der Waals surface area contributed by atoms with Gasteiger partial charge in [0.1, 0.15) is 0 Å². The van der Waals surface area contributed by atoms with Crippen LogP contribution in [0.15, 0.2) is 42.5 Å². The molecular formula is C16H20N4O2S. The van der Waals surface area contributed by atoms with Crippen LogP contribution in [-0.4, -0.2) is 25.0 Å². The Balaban J connectivity index is 1.82. The van der Waals surface area contributed by atoms with Gasteiger partial charge in [0.25, 0.3) is 5.91 Å². The van der Waals surface area contributed by atoms with Gasteiger partial charge in [0.15, 0.2) is 0 Å². The lowest BCUT2D eigenvalue weighted by molar-refractivity contribution is 0.0957. The van der Waals surface area contributed by atoms with Gasteiger partial charge in [-0.25, -0.2) is 4.79 Å². The third kappa shape index (κ3) is 5.72. The lowest BCUT2D eigenvalue weighted by atomic mass is 10.3. The van der Waals surface area contributed by atoms with E-state index in [1.165, 1.54) is 11.3 Å². The molecule has 0 spiro atoms. The van der Waals surface area contributed by atoms with Crippen LogP contribution in [0.25, 0.3) is 0 Å². The van der Waals surface area contributed by atoms with Crippen molar-refractivity contribution < 1.29 is 9.59 Å². The first-order valence-electron chi connectivity index (χ1n) is 7.40. The van der Waals surface area contributed by atoms with Gasteiger partial charge in [-0.1, -0.05) is 18.2 Å². The van der Waals surface area contributed by atoms with Crippen molar-refractivity contribution in [1.29, 1.82) is 0 Å². The smallest absolute Gasteiger partial charge is 0.324 e. The van der Waals surface area contributed by atoms with E-state index >= 15 is 0 Å². The van der Waals surface area contributed by atoms with E-state index in [1.807, 2.05) is 18.2 Å². The minimum Gasteiger partial charge on any atom is -0.351 e. The first-order valence-corrected chi connectivity index (χ1v) is 8.22. The number of unbranched alkanes of at least 4 members (excludes halogenated alkanes) is 1. The molecule has 0 bridgehead atoms. The van der Waals surface area contributed by atoms with E-state index in [1.54, 1.807) is 24.3 Å². The predicted octanol–water partition coefficient (Wildman–Crippen LogP) is 2.86. The summed E-state index contributed by atoms with van der Waals surface area (Å²) >= 11 is 1.23. The van der Waals surface area contributed by atoms with Crippen molar-refractivity contribution in [3.05, 3.63) is 47.3 Å². The van der Waals surface area contributed by atoms with Gasteiger partial charge in [0.05, 0.1) is 9.88 Å². The summed E-state index contributed by atoms with van der Waals surface area (Å²) < 4.78 is 0. The van der Waals surface area contributed by atoms with Crippen LogP contribution in [0.5, 0.6) is 0 Å². The lowest BCUT2D eigenvalue weighted by Gasteiger charge is -2.05. The second kappa shape index (κ2) is 8.92. The van der Waals surface area contributed by atoms with Crippen LogP contribution in [0, 0.1) is 0 Å².